The van der Waals surface area contributed by atoms with Crippen LogP contribution in [-0.2, 0) is 6.54 Å². The van der Waals surface area contributed by atoms with Crippen molar-refractivity contribution in [2.45, 2.75) is 66.1 Å². The van der Waals surface area contributed by atoms with Gasteiger partial charge in [-0.25, -0.2) is 0 Å². The van der Waals surface area contributed by atoms with Crippen molar-refractivity contribution in [3.63, 3.8) is 0 Å². The highest BCUT2D eigenvalue weighted by Crippen LogP contribution is 2.30. The summed E-state index contributed by atoms with van der Waals surface area (Å²) in [6.07, 6.45) is 2.67. The van der Waals surface area contributed by atoms with Gasteiger partial charge in [-0.2, -0.15) is 0 Å². The van der Waals surface area contributed by atoms with E-state index in [4.69, 9.17) is 0 Å². The van der Waals surface area contributed by atoms with Gasteiger partial charge in [0.2, 0.25) is 0 Å². The van der Waals surface area contributed by atoms with Crippen molar-refractivity contribution in [1.82, 2.24) is 5.32 Å². The number of hydrogen-bond donors (Lipinski definition) is 1. The van der Waals surface area contributed by atoms with Gasteiger partial charge in [0.1, 0.15) is 0 Å². The van der Waals surface area contributed by atoms with E-state index in [1.807, 2.05) is 0 Å². The lowest BCUT2D eigenvalue weighted by molar-refractivity contribution is 0.492. The summed E-state index contributed by atoms with van der Waals surface area (Å²) < 4.78 is 0. The Morgan fingerprint density at radius 2 is 2.00 bits per heavy atom. The molecule has 1 unspecified atom stereocenters. The minimum Gasteiger partial charge on any atom is -0.368 e. The van der Waals surface area contributed by atoms with Crippen molar-refractivity contribution < 1.29 is 0 Å². The number of nitrogens with one attached hydrogen (secondary N) is 1. The maximum Gasteiger partial charge on any atom is 0.0371 e. The maximum absolute atomic E-state index is 3.51. The molecule has 1 aliphatic heterocycles. The molecule has 1 heterocycles. The third-order valence-electron chi connectivity index (χ3n) is 4.43. The van der Waals surface area contributed by atoms with Crippen LogP contribution < -0.4 is 10.2 Å². The molecule has 20 heavy (non-hydrogen) atoms. The van der Waals surface area contributed by atoms with Crippen LogP contribution in [0.25, 0.3) is 0 Å². The van der Waals surface area contributed by atoms with Crippen LogP contribution in [0.15, 0.2) is 18.2 Å². The summed E-state index contributed by atoms with van der Waals surface area (Å²) in [6.45, 7) is 13.5. The van der Waals surface area contributed by atoms with Crippen molar-refractivity contribution in [3.8, 4) is 0 Å². The molecule has 1 fully saturated rings. The quantitative estimate of drug-likeness (QED) is 0.869. The highest BCUT2D eigenvalue weighted by molar-refractivity contribution is 5.52. The average molecular weight is 274 g/mol. The maximum atomic E-state index is 3.51. The van der Waals surface area contributed by atoms with Gasteiger partial charge in [-0.05, 0) is 48.9 Å². The number of aryl methyl sites for hydroxylation is 1. The third kappa shape index (κ3) is 3.54. The zero-order chi connectivity index (χ0) is 14.7. The first-order valence-corrected chi connectivity index (χ1v) is 8.08. The van der Waals surface area contributed by atoms with Crippen LogP contribution in [0.3, 0.4) is 0 Å². The Balaban J connectivity index is 2.12. The second-order valence-electron chi connectivity index (χ2n) is 6.79. The minimum atomic E-state index is 0.540. The predicted octanol–water partition coefficient (Wildman–Crippen LogP) is 4.12. The predicted molar refractivity (Wildman–Crippen MR) is 88.4 cm³/mol. The van der Waals surface area contributed by atoms with E-state index in [1.165, 1.54) is 36.2 Å². The molecule has 1 N–H and O–H groups in total. The van der Waals surface area contributed by atoms with Crippen LogP contribution in [-0.4, -0.2) is 18.6 Å². The first-order chi connectivity index (χ1) is 9.49. The highest BCUT2D eigenvalue weighted by Gasteiger charge is 2.27. The Kier molecular flexibility index (Phi) is 5.09. The summed E-state index contributed by atoms with van der Waals surface area (Å²) >= 11 is 0. The molecule has 0 aliphatic carbocycles. The van der Waals surface area contributed by atoms with Gasteiger partial charge < -0.3 is 10.2 Å². The lowest BCUT2D eigenvalue weighted by atomic mass is 10.0. The molecule has 2 heteroatoms. The standard InChI is InChI=1S/C18H30N2/c1-13(2)18-7-6-10-20(18)17-9-8-16(15(5)11-17)12-19-14(3)4/h8-9,11,13-14,18-19H,6-7,10,12H2,1-5H3. The SMILES string of the molecule is Cc1cc(N2CCCC2C(C)C)ccc1CNC(C)C. The summed E-state index contributed by atoms with van der Waals surface area (Å²) in [7, 11) is 0. The van der Waals surface area contributed by atoms with E-state index in [0.29, 0.717) is 12.1 Å². The van der Waals surface area contributed by atoms with E-state index < -0.39 is 0 Å². The van der Waals surface area contributed by atoms with Crippen LogP contribution in [0, 0.1) is 12.8 Å². The Labute approximate surface area is 124 Å². The van der Waals surface area contributed by atoms with Gasteiger partial charge in [-0.15, -0.1) is 0 Å². The first kappa shape index (κ1) is 15.4. The summed E-state index contributed by atoms with van der Waals surface area (Å²) in [5.41, 5.74) is 4.24. The molecule has 1 saturated heterocycles. The van der Waals surface area contributed by atoms with Crippen LogP contribution >= 0.6 is 0 Å². The normalized spacial score (nSPS) is 19.4. The molecule has 1 aliphatic rings. The van der Waals surface area contributed by atoms with E-state index in [9.17, 15) is 0 Å². The molecule has 0 spiro atoms. The molecular formula is C18H30N2. The smallest absolute Gasteiger partial charge is 0.0371 e. The minimum absolute atomic E-state index is 0.540. The van der Waals surface area contributed by atoms with Crippen LogP contribution in [0.4, 0.5) is 5.69 Å². The van der Waals surface area contributed by atoms with Crippen LogP contribution in [0.5, 0.6) is 0 Å². The van der Waals surface area contributed by atoms with Crippen molar-refractivity contribution in [2.24, 2.45) is 5.92 Å². The van der Waals surface area contributed by atoms with Gasteiger partial charge in [-0.3, -0.25) is 0 Å². The van der Waals surface area contributed by atoms with Gasteiger partial charge in [-0.1, -0.05) is 33.8 Å². The monoisotopic (exact) mass is 274 g/mol. The molecule has 1 atom stereocenters. The van der Waals surface area contributed by atoms with Crippen LogP contribution in [0.2, 0.25) is 0 Å². The summed E-state index contributed by atoms with van der Waals surface area (Å²) in [5, 5.41) is 3.51. The number of rotatable bonds is 5. The highest BCUT2D eigenvalue weighted by atomic mass is 15.2. The molecule has 0 amide bonds. The van der Waals surface area contributed by atoms with Crippen LogP contribution in [0.1, 0.15) is 51.7 Å². The molecule has 1 aromatic rings. The Morgan fingerprint density at radius 1 is 1.25 bits per heavy atom. The van der Waals surface area contributed by atoms with Crippen molar-refractivity contribution in [1.29, 1.82) is 0 Å². The number of hydrogen-bond acceptors (Lipinski definition) is 2. The summed E-state index contributed by atoms with van der Waals surface area (Å²) in [4.78, 5) is 2.61. The molecule has 112 valence electrons. The zero-order valence-corrected chi connectivity index (χ0v) is 13.7. The van der Waals surface area contributed by atoms with E-state index in [2.05, 4.69) is 63.0 Å². The Bertz CT molecular complexity index is 437. The van der Waals surface area contributed by atoms with Gasteiger partial charge >= 0.3 is 0 Å². The third-order valence-corrected chi connectivity index (χ3v) is 4.43. The fraction of sp³-hybridized carbons (Fsp3) is 0.667. The number of anilines is 1. The summed E-state index contributed by atoms with van der Waals surface area (Å²) in [5.74, 6) is 0.736. The lowest BCUT2D eigenvalue weighted by Crippen LogP contribution is -2.33. The number of nitrogens with zero attached hydrogens (tertiary/aromatic N) is 1. The van der Waals surface area contributed by atoms with E-state index in [-0.39, 0.29) is 0 Å². The largest absolute Gasteiger partial charge is 0.368 e. The van der Waals surface area contributed by atoms with Crippen molar-refractivity contribution >= 4 is 5.69 Å². The lowest BCUT2D eigenvalue weighted by Gasteiger charge is -2.30. The molecule has 1 aromatic carbocycles. The molecule has 0 radical (unpaired) electrons. The molecule has 2 nitrogen and oxygen atoms in total. The van der Waals surface area contributed by atoms with Crippen molar-refractivity contribution in [2.75, 3.05) is 11.4 Å². The second-order valence-corrected chi connectivity index (χ2v) is 6.79. The molecule has 0 aromatic heterocycles. The second kappa shape index (κ2) is 6.62. The van der Waals surface area contributed by atoms with Gasteiger partial charge in [0.15, 0.2) is 0 Å². The van der Waals surface area contributed by atoms with E-state index in [1.54, 1.807) is 0 Å². The van der Waals surface area contributed by atoms with E-state index in [0.717, 1.165) is 12.5 Å². The number of benzene rings is 1. The fourth-order valence-electron chi connectivity index (χ4n) is 3.18. The summed E-state index contributed by atoms with van der Waals surface area (Å²) in [6, 6.07) is 8.24. The topological polar surface area (TPSA) is 15.3 Å². The van der Waals surface area contributed by atoms with Crippen molar-refractivity contribution in [3.05, 3.63) is 29.3 Å². The van der Waals surface area contributed by atoms with E-state index >= 15 is 0 Å². The Hall–Kier alpha value is -1.02. The van der Waals surface area contributed by atoms with Gasteiger partial charge in [0, 0.05) is 30.9 Å². The molecule has 0 bridgehead atoms. The first-order valence-electron chi connectivity index (χ1n) is 8.08. The molecular weight excluding hydrogens is 244 g/mol. The zero-order valence-electron chi connectivity index (χ0n) is 13.7. The average Bonchev–Trinajstić information content (AvgIpc) is 2.86. The fourth-order valence-corrected chi connectivity index (χ4v) is 3.18. The molecule has 0 saturated carbocycles. The Morgan fingerprint density at radius 3 is 2.60 bits per heavy atom. The molecule has 2 rings (SSSR count). The van der Waals surface area contributed by atoms with Gasteiger partial charge in [0.25, 0.3) is 0 Å². The van der Waals surface area contributed by atoms with Gasteiger partial charge in [0.05, 0.1) is 0 Å².